The summed E-state index contributed by atoms with van der Waals surface area (Å²) in [7, 11) is 0. The van der Waals surface area contributed by atoms with Gasteiger partial charge in [-0.15, -0.1) is 0 Å². The van der Waals surface area contributed by atoms with Crippen molar-refractivity contribution >= 4 is 23.2 Å². The van der Waals surface area contributed by atoms with Crippen LogP contribution in [0.15, 0.2) is 48.5 Å². The summed E-state index contributed by atoms with van der Waals surface area (Å²) in [5, 5.41) is 2.91. The van der Waals surface area contributed by atoms with Gasteiger partial charge in [0.2, 0.25) is 11.8 Å². The maximum absolute atomic E-state index is 12.8. The molecule has 4 nitrogen and oxygen atoms in total. The van der Waals surface area contributed by atoms with Gasteiger partial charge >= 0.3 is 0 Å². The SMILES string of the molecule is CCN(C(=O)C1CC1C(=O)Nc1ccc(C)cc1)c1cccc(C)c1. The Labute approximate surface area is 148 Å². The Morgan fingerprint density at radius 2 is 1.76 bits per heavy atom. The second-order valence-electron chi connectivity index (χ2n) is 6.73. The van der Waals surface area contributed by atoms with Crippen LogP contribution in [0.5, 0.6) is 0 Å². The van der Waals surface area contributed by atoms with E-state index in [1.165, 1.54) is 0 Å². The summed E-state index contributed by atoms with van der Waals surface area (Å²) in [5.41, 5.74) is 3.94. The summed E-state index contributed by atoms with van der Waals surface area (Å²) in [6.45, 7) is 6.58. The van der Waals surface area contributed by atoms with Crippen molar-refractivity contribution in [1.29, 1.82) is 0 Å². The van der Waals surface area contributed by atoms with E-state index < -0.39 is 0 Å². The number of nitrogens with one attached hydrogen (secondary N) is 1. The van der Waals surface area contributed by atoms with E-state index >= 15 is 0 Å². The number of aryl methyl sites for hydroxylation is 2. The Balaban J connectivity index is 1.64. The molecule has 1 aliphatic rings. The lowest BCUT2D eigenvalue weighted by Gasteiger charge is -2.21. The number of rotatable bonds is 5. The Kier molecular flexibility index (Phi) is 4.88. The van der Waals surface area contributed by atoms with E-state index in [1.807, 2.05) is 69.3 Å². The van der Waals surface area contributed by atoms with Crippen LogP contribution in [0.2, 0.25) is 0 Å². The average Bonchev–Trinajstić information content (AvgIpc) is 3.38. The molecular weight excluding hydrogens is 312 g/mol. The second-order valence-corrected chi connectivity index (χ2v) is 6.73. The monoisotopic (exact) mass is 336 g/mol. The molecule has 2 aromatic carbocycles. The zero-order chi connectivity index (χ0) is 18.0. The van der Waals surface area contributed by atoms with E-state index in [0.717, 1.165) is 22.5 Å². The molecule has 2 atom stereocenters. The largest absolute Gasteiger partial charge is 0.326 e. The summed E-state index contributed by atoms with van der Waals surface area (Å²) in [6, 6.07) is 15.6. The van der Waals surface area contributed by atoms with Crippen molar-refractivity contribution in [2.24, 2.45) is 11.8 Å². The lowest BCUT2D eigenvalue weighted by atomic mass is 10.2. The van der Waals surface area contributed by atoms with Gasteiger partial charge in [-0.25, -0.2) is 0 Å². The van der Waals surface area contributed by atoms with Gasteiger partial charge in [-0.2, -0.15) is 0 Å². The van der Waals surface area contributed by atoms with Crippen molar-refractivity contribution in [3.05, 3.63) is 59.7 Å². The number of amides is 2. The maximum atomic E-state index is 12.8. The molecule has 25 heavy (non-hydrogen) atoms. The van der Waals surface area contributed by atoms with Gasteiger partial charge in [0, 0.05) is 17.9 Å². The molecule has 2 unspecified atom stereocenters. The fourth-order valence-electron chi connectivity index (χ4n) is 3.09. The number of anilines is 2. The van der Waals surface area contributed by atoms with E-state index in [1.54, 1.807) is 4.90 Å². The molecule has 1 aliphatic carbocycles. The third kappa shape index (κ3) is 3.90. The molecule has 0 radical (unpaired) electrons. The zero-order valence-electron chi connectivity index (χ0n) is 15.0. The minimum Gasteiger partial charge on any atom is -0.326 e. The van der Waals surface area contributed by atoms with Crippen molar-refractivity contribution in [2.75, 3.05) is 16.8 Å². The number of hydrogen-bond acceptors (Lipinski definition) is 2. The van der Waals surface area contributed by atoms with Gasteiger partial charge in [0.1, 0.15) is 0 Å². The highest BCUT2D eigenvalue weighted by Crippen LogP contribution is 2.41. The highest BCUT2D eigenvalue weighted by molar-refractivity contribution is 6.04. The van der Waals surface area contributed by atoms with Gasteiger partial charge in [0.05, 0.1) is 11.8 Å². The standard InChI is InChI=1S/C21H24N2O2/c1-4-23(17-7-5-6-15(3)12-17)21(25)19-13-18(19)20(24)22-16-10-8-14(2)9-11-16/h5-12,18-19H,4,13H2,1-3H3,(H,22,24). The molecule has 0 spiro atoms. The maximum Gasteiger partial charge on any atom is 0.230 e. The first-order valence-corrected chi connectivity index (χ1v) is 8.75. The lowest BCUT2D eigenvalue weighted by Crippen LogP contribution is -2.33. The predicted octanol–water partition coefficient (Wildman–Crippen LogP) is 3.93. The molecule has 0 aliphatic heterocycles. The molecule has 1 saturated carbocycles. The van der Waals surface area contributed by atoms with Crippen LogP contribution >= 0.6 is 0 Å². The number of benzene rings is 2. The quantitative estimate of drug-likeness (QED) is 0.899. The first kappa shape index (κ1) is 17.2. The van der Waals surface area contributed by atoms with Crippen LogP contribution < -0.4 is 10.2 Å². The molecule has 0 aromatic heterocycles. The van der Waals surface area contributed by atoms with Crippen molar-refractivity contribution in [3.8, 4) is 0 Å². The van der Waals surface area contributed by atoms with Crippen LogP contribution in [-0.2, 0) is 9.59 Å². The minimum absolute atomic E-state index is 0.0390. The van der Waals surface area contributed by atoms with E-state index in [-0.39, 0.29) is 23.7 Å². The van der Waals surface area contributed by atoms with Crippen LogP contribution in [0, 0.1) is 25.7 Å². The molecule has 4 heteroatoms. The second kappa shape index (κ2) is 7.09. The number of carbonyl (C=O) groups is 2. The van der Waals surface area contributed by atoms with Gasteiger partial charge in [-0.3, -0.25) is 9.59 Å². The lowest BCUT2D eigenvalue weighted by molar-refractivity contribution is -0.123. The van der Waals surface area contributed by atoms with Gasteiger partial charge < -0.3 is 10.2 Å². The third-order valence-corrected chi connectivity index (χ3v) is 4.66. The molecule has 1 N–H and O–H groups in total. The Hall–Kier alpha value is -2.62. The number of hydrogen-bond donors (Lipinski definition) is 1. The van der Waals surface area contributed by atoms with Crippen molar-refractivity contribution < 1.29 is 9.59 Å². The highest BCUT2D eigenvalue weighted by Gasteiger charge is 2.49. The summed E-state index contributed by atoms with van der Waals surface area (Å²) < 4.78 is 0. The van der Waals surface area contributed by atoms with Crippen LogP contribution in [0.25, 0.3) is 0 Å². The van der Waals surface area contributed by atoms with Crippen LogP contribution in [0.1, 0.15) is 24.5 Å². The number of nitrogens with zero attached hydrogens (tertiary/aromatic N) is 1. The van der Waals surface area contributed by atoms with Crippen LogP contribution in [-0.4, -0.2) is 18.4 Å². The van der Waals surface area contributed by atoms with E-state index in [9.17, 15) is 9.59 Å². The van der Waals surface area contributed by atoms with Gasteiger partial charge in [-0.05, 0) is 57.0 Å². The molecule has 0 bridgehead atoms. The summed E-state index contributed by atoms with van der Waals surface area (Å²) in [5.74, 6) is -0.474. The van der Waals surface area contributed by atoms with Crippen molar-refractivity contribution in [2.45, 2.75) is 27.2 Å². The third-order valence-electron chi connectivity index (χ3n) is 4.66. The fraction of sp³-hybridized carbons (Fsp3) is 0.333. The summed E-state index contributed by atoms with van der Waals surface area (Å²) in [6.07, 6.45) is 0.624. The Morgan fingerprint density at radius 3 is 2.40 bits per heavy atom. The van der Waals surface area contributed by atoms with Gasteiger partial charge in [-0.1, -0.05) is 29.8 Å². The van der Waals surface area contributed by atoms with Crippen LogP contribution in [0.4, 0.5) is 11.4 Å². The zero-order valence-corrected chi connectivity index (χ0v) is 15.0. The van der Waals surface area contributed by atoms with Gasteiger partial charge in [0.15, 0.2) is 0 Å². The topological polar surface area (TPSA) is 49.4 Å². The summed E-state index contributed by atoms with van der Waals surface area (Å²) >= 11 is 0. The molecule has 0 heterocycles. The average molecular weight is 336 g/mol. The molecule has 3 rings (SSSR count). The Bertz CT molecular complexity index is 783. The molecule has 2 aromatic rings. The van der Waals surface area contributed by atoms with E-state index in [0.29, 0.717) is 13.0 Å². The molecule has 2 amide bonds. The highest BCUT2D eigenvalue weighted by atomic mass is 16.2. The van der Waals surface area contributed by atoms with Crippen molar-refractivity contribution in [3.63, 3.8) is 0 Å². The molecule has 0 saturated heterocycles. The van der Waals surface area contributed by atoms with E-state index in [2.05, 4.69) is 5.32 Å². The summed E-state index contributed by atoms with van der Waals surface area (Å²) in [4.78, 5) is 27.0. The van der Waals surface area contributed by atoms with E-state index in [4.69, 9.17) is 0 Å². The predicted molar refractivity (Wildman–Crippen MR) is 101 cm³/mol. The fourth-order valence-corrected chi connectivity index (χ4v) is 3.09. The Morgan fingerprint density at radius 1 is 1.04 bits per heavy atom. The smallest absolute Gasteiger partial charge is 0.230 e. The minimum atomic E-state index is -0.229. The normalized spacial score (nSPS) is 18.5. The van der Waals surface area contributed by atoms with Crippen molar-refractivity contribution in [1.82, 2.24) is 0 Å². The molecule has 130 valence electrons. The first-order valence-electron chi connectivity index (χ1n) is 8.75. The van der Waals surface area contributed by atoms with Crippen LogP contribution in [0.3, 0.4) is 0 Å². The molecule has 1 fully saturated rings. The first-order chi connectivity index (χ1) is 12.0. The van der Waals surface area contributed by atoms with Gasteiger partial charge in [0.25, 0.3) is 0 Å². The number of carbonyl (C=O) groups excluding carboxylic acids is 2. The molecular formula is C21H24N2O2.